The minimum absolute atomic E-state index is 0.423. The molecule has 0 aromatic carbocycles. The number of hydrogen-bond acceptors (Lipinski definition) is 3. The Morgan fingerprint density at radius 2 is 2.13 bits per heavy atom. The molecule has 0 fully saturated rings. The maximum absolute atomic E-state index is 5.73. The van der Waals surface area contributed by atoms with E-state index in [1.165, 1.54) is 12.8 Å². The highest BCUT2D eigenvalue weighted by molar-refractivity contribution is 6.16. The van der Waals surface area contributed by atoms with Crippen molar-refractivity contribution in [3.8, 4) is 0 Å². The maximum Gasteiger partial charge on any atom is 0.147 e. The zero-order valence-electron chi connectivity index (χ0n) is 9.41. The van der Waals surface area contributed by atoms with E-state index in [1.54, 1.807) is 12.4 Å². The van der Waals surface area contributed by atoms with Crippen molar-refractivity contribution in [3.63, 3.8) is 0 Å². The van der Waals surface area contributed by atoms with E-state index in [1.807, 2.05) is 0 Å². The van der Waals surface area contributed by atoms with Crippen LogP contribution in [0.2, 0.25) is 0 Å². The summed E-state index contributed by atoms with van der Waals surface area (Å²) < 4.78 is 0. The molecule has 0 N–H and O–H groups in total. The molecule has 0 aliphatic heterocycles. The van der Waals surface area contributed by atoms with Crippen LogP contribution < -0.4 is 4.90 Å². The van der Waals surface area contributed by atoms with Crippen molar-refractivity contribution >= 4 is 17.4 Å². The number of anilines is 1. The summed E-state index contributed by atoms with van der Waals surface area (Å²) in [4.78, 5) is 10.8. The molecule has 3 nitrogen and oxygen atoms in total. The maximum atomic E-state index is 5.73. The highest BCUT2D eigenvalue weighted by atomic mass is 35.5. The van der Waals surface area contributed by atoms with Crippen molar-refractivity contribution in [2.45, 2.75) is 32.6 Å². The molecular weight excluding hydrogens is 210 g/mol. The molecule has 84 valence electrons. The largest absolute Gasteiger partial charge is 0.356 e. The summed E-state index contributed by atoms with van der Waals surface area (Å²) in [6.45, 7) is 6.31. The van der Waals surface area contributed by atoms with E-state index in [0.29, 0.717) is 5.88 Å². The molecule has 0 aliphatic rings. The molecule has 1 aromatic rings. The van der Waals surface area contributed by atoms with Crippen LogP contribution in [0.3, 0.4) is 0 Å². The number of halogens is 1. The van der Waals surface area contributed by atoms with E-state index >= 15 is 0 Å². The van der Waals surface area contributed by atoms with Crippen LogP contribution in [0.15, 0.2) is 12.4 Å². The van der Waals surface area contributed by atoms with E-state index in [9.17, 15) is 0 Å². The van der Waals surface area contributed by atoms with Gasteiger partial charge in [0.1, 0.15) is 5.82 Å². The zero-order chi connectivity index (χ0) is 11.1. The van der Waals surface area contributed by atoms with Crippen LogP contribution >= 0.6 is 11.6 Å². The van der Waals surface area contributed by atoms with Crippen LogP contribution in [-0.2, 0) is 5.88 Å². The van der Waals surface area contributed by atoms with Crippen LogP contribution in [0.1, 0.15) is 32.4 Å². The van der Waals surface area contributed by atoms with E-state index in [2.05, 4.69) is 28.7 Å². The molecule has 0 saturated heterocycles. The third-order valence-corrected chi connectivity index (χ3v) is 2.57. The summed E-state index contributed by atoms with van der Waals surface area (Å²) in [6.07, 6.45) is 5.89. The number of aromatic nitrogens is 2. The Kier molecular flexibility index (Phi) is 5.40. The Bertz CT molecular complexity index is 291. The van der Waals surface area contributed by atoms with Crippen molar-refractivity contribution in [1.29, 1.82) is 0 Å². The van der Waals surface area contributed by atoms with Gasteiger partial charge in [0, 0.05) is 19.3 Å². The van der Waals surface area contributed by atoms with Crippen LogP contribution in [0.25, 0.3) is 0 Å². The smallest absolute Gasteiger partial charge is 0.147 e. The molecular formula is C11H18ClN3. The SMILES string of the molecule is CCCCN(CC)c1cncc(CCl)n1. The van der Waals surface area contributed by atoms with Gasteiger partial charge in [-0.3, -0.25) is 4.98 Å². The number of rotatable bonds is 6. The molecule has 0 spiro atoms. The molecule has 4 heteroatoms. The fraction of sp³-hybridized carbons (Fsp3) is 0.636. The second-order valence-corrected chi connectivity index (χ2v) is 3.70. The van der Waals surface area contributed by atoms with Crippen molar-refractivity contribution in [2.24, 2.45) is 0 Å². The summed E-state index contributed by atoms with van der Waals surface area (Å²) in [5.74, 6) is 1.36. The Balaban J connectivity index is 2.72. The average molecular weight is 228 g/mol. The molecule has 0 unspecified atom stereocenters. The second-order valence-electron chi connectivity index (χ2n) is 3.44. The van der Waals surface area contributed by atoms with Gasteiger partial charge in [-0.25, -0.2) is 4.98 Å². The number of alkyl halides is 1. The highest BCUT2D eigenvalue weighted by Gasteiger charge is 2.05. The van der Waals surface area contributed by atoms with Crippen LogP contribution in [0.5, 0.6) is 0 Å². The Morgan fingerprint density at radius 3 is 2.73 bits per heavy atom. The fourth-order valence-corrected chi connectivity index (χ4v) is 1.52. The summed E-state index contributed by atoms with van der Waals surface area (Å²) in [5.41, 5.74) is 0.837. The van der Waals surface area contributed by atoms with Crippen molar-refractivity contribution in [1.82, 2.24) is 9.97 Å². The summed E-state index contributed by atoms with van der Waals surface area (Å²) in [5, 5.41) is 0. The Hall–Kier alpha value is -0.830. The number of hydrogen-bond donors (Lipinski definition) is 0. The second kappa shape index (κ2) is 6.62. The highest BCUT2D eigenvalue weighted by Crippen LogP contribution is 2.11. The predicted octanol–water partition coefficient (Wildman–Crippen LogP) is 2.84. The zero-order valence-corrected chi connectivity index (χ0v) is 10.2. The molecule has 1 rings (SSSR count). The van der Waals surface area contributed by atoms with Crippen molar-refractivity contribution < 1.29 is 0 Å². The van der Waals surface area contributed by atoms with E-state index < -0.39 is 0 Å². The molecule has 1 aromatic heterocycles. The Labute approximate surface area is 96.5 Å². The molecule has 0 amide bonds. The minimum Gasteiger partial charge on any atom is -0.356 e. The van der Waals surface area contributed by atoms with Crippen LogP contribution in [0.4, 0.5) is 5.82 Å². The van der Waals surface area contributed by atoms with Crippen molar-refractivity contribution in [2.75, 3.05) is 18.0 Å². The van der Waals surface area contributed by atoms with Gasteiger partial charge < -0.3 is 4.90 Å². The Morgan fingerprint density at radius 1 is 1.33 bits per heavy atom. The molecule has 0 radical (unpaired) electrons. The lowest BCUT2D eigenvalue weighted by Gasteiger charge is -2.21. The van der Waals surface area contributed by atoms with Crippen LogP contribution in [-0.4, -0.2) is 23.1 Å². The number of unbranched alkanes of at least 4 members (excludes halogenated alkanes) is 1. The van der Waals surface area contributed by atoms with Gasteiger partial charge in [0.25, 0.3) is 0 Å². The quantitative estimate of drug-likeness (QED) is 0.700. The van der Waals surface area contributed by atoms with Gasteiger partial charge in [0.05, 0.1) is 17.8 Å². The lowest BCUT2D eigenvalue weighted by molar-refractivity contribution is 0.720. The minimum atomic E-state index is 0.423. The summed E-state index contributed by atoms with van der Waals surface area (Å²) in [7, 11) is 0. The molecule has 0 bridgehead atoms. The van der Waals surface area contributed by atoms with Gasteiger partial charge in [-0.15, -0.1) is 11.6 Å². The molecule has 1 heterocycles. The molecule has 0 atom stereocenters. The summed E-state index contributed by atoms with van der Waals surface area (Å²) in [6, 6.07) is 0. The van der Waals surface area contributed by atoms with E-state index in [4.69, 9.17) is 11.6 Å². The first-order chi connectivity index (χ1) is 7.31. The summed E-state index contributed by atoms with van der Waals surface area (Å²) >= 11 is 5.73. The fourth-order valence-electron chi connectivity index (χ4n) is 1.40. The van der Waals surface area contributed by atoms with E-state index in [-0.39, 0.29) is 0 Å². The van der Waals surface area contributed by atoms with Gasteiger partial charge in [-0.1, -0.05) is 13.3 Å². The first kappa shape index (κ1) is 12.2. The van der Waals surface area contributed by atoms with Crippen LogP contribution in [0, 0.1) is 0 Å². The normalized spacial score (nSPS) is 10.3. The van der Waals surface area contributed by atoms with Crippen molar-refractivity contribution in [3.05, 3.63) is 18.1 Å². The first-order valence-electron chi connectivity index (χ1n) is 5.43. The third-order valence-electron chi connectivity index (χ3n) is 2.30. The lowest BCUT2D eigenvalue weighted by atomic mass is 10.3. The van der Waals surface area contributed by atoms with E-state index in [0.717, 1.165) is 24.6 Å². The monoisotopic (exact) mass is 227 g/mol. The average Bonchev–Trinajstić information content (AvgIpc) is 2.30. The molecule has 15 heavy (non-hydrogen) atoms. The standard InChI is InChI=1S/C11H18ClN3/c1-3-5-6-15(4-2)11-9-13-8-10(7-12)14-11/h8-9H,3-7H2,1-2H3. The van der Waals surface area contributed by atoms with Gasteiger partial charge in [-0.05, 0) is 13.3 Å². The van der Waals surface area contributed by atoms with Gasteiger partial charge in [0.15, 0.2) is 0 Å². The lowest BCUT2D eigenvalue weighted by Crippen LogP contribution is -2.25. The third kappa shape index (κ3) is 3.67. The molecule has 0 saturated carbocycles. The van der Waals surface area contributed by atoms with Gasteiger partial charge in [-0.2, -0.15) is 0 Å². The van der Waals surface area contributed by atoms with Gasteiger partial charge in [0.2, 0.25) is 0 Å². The predicted molar refractivity (Wildman–Crippen MR) is 64.4 cm³/mol. The van der Waals surface area contributed by atoms with Gasteiger partial charge >= 0.3 is 0 Å². The topological polar surface area (TPSA) is 29.0 Å². The molecule has 0 aliphatic carbocycles. The number of nitrogens with zero attached hydrogens (tertiary/aromatic N) is 3. The first-order valence-corrected chi connectivity index (χ1v) is 5.97.